The Labute approximate surface area is 233 Å². The molecule has 0 aliphatic carbocycles. The number of nitrogens with zero attached hydrogens (tertiary/aromatic N) is 3. The fourth-order valence-electron chi connectivity index (χ4n) is 4.62. The van der Waals surface area contributed by atoms with Gasteiger partial charge >= 0.3 is 0 Å². The van der Waals surface area contributed by atoms with Crippen molar-refractivity contribution in [2.75, 3.05) is 6.79 Å². The van der Waals surface area contributed by atoms with Crippen LogP contribution in [0.1, 0.15) is 43.1 Å². The van der Waals surface area contributed by atoms with Gasteiger partial charge in [-0.1, -0.05) is 66.2 Å². The molecule has 7 nitrogen and oxygen atoms in total. The topological polar surface area (TPSA) is 74.9 Å². The first-order chi connectivity index (χ1) is 19.0. The van der Waals surface area contributed by atoms with Gasteiger partial charge in [-0.2, -0.15) is 9.78 Å². The predicted molar refractivity (Wildman–Crippen MR) is 156 cm³/mol. The van der Waals surface area contributed by atoms with E-state index in [2.05, 4.69) is 29.8 Å². The first kappa shape index (κ1) is 25.1. The SMILES string of the molecule is CC[C@@H](C)c1nc2ccc(Br)cc2c(=O)n1N=Cc1c(OCc2ccc3c(c2)OCO3)ccc2ccccc12. The summed E-state index contributed by atoms with van der Waals surface area (Å²) in [6, 6.07) is 23.3. The molecule has 0 unspecified atom stereocenters. The van der Waals surface area contributed by atoms with Crippen LogP contribution in [0.4, 0.5) is 0 Å². The van der Waals surface area contributed by atoms with Crippen LogP contribution in [-0.4, -0.2) is 22.7 Å². The van der Waals surface area contributed by atoms with Crippen LogP contribution in [0.25, 0.3) is 21.7 Å². The fraction of sp³-hybridized carbons (Fsp3) is 0.194. The smallest absolute Gasteiger partial charge is 0.282 e. The number of hydrogen-bond donors (Lipinski definition) is 0. The van der Waals surface area contributed by atoms with E-state index in [1.54, 1.807) is 12.3 Å². The van der Waals surface area contributed by atoms with E-state index in [-0.39, 0.29) is 18.3 Å². The highest BCUT2D eigenvalue weighted by Crippen LogP contribution is 2.33. The van der Waals surface area contributed by atoms with Crippen molar-refractivity contribution >= 4 is 43.8 Å². The van der Waals surface area contributed by atoms with Crippen molar-refractivity contribution < 1.29 is 14.2 Å². The highest BCUT2D eigenvalue weighted by atomic mass is 79.9. The van der Waals surface area contributed by atoms with E-state index in [9.17, 15) is 4.79 Å². The van der Waals surface area contributed by atoms with Gasteiger partial charge in [0, 0.05) is 16.0 Å². The monoisotopic (exact) mass is 583 g/mol. The zero-order chi connectivity index (χ0) is 26.9. The number of hydrogen-bond acceptors (Lipinski definition) is 6. The van der Waals surface area contributed by atoms with Crippen LogP contribution >= 0.6 is 15.9 Å². The van der Waals surface area contributed by atoms with Gasteiger partial charge in [0.1, 0.15) is 18.2 Å². The van der Waals surface area contributed by atoms with Crippen molar-refractivity contribution in [3.8, 4) is 17.2 Å². The number of benzene rings is 4. The van der Waals surface area contributed by atoms with Gasteiger partial charge < -0.3 is 14.2 Å². The molecule has 0 saturated carbocycles. The first-order valence-electron chi connectivity index (χ1n) is 12.8. The van der Waals surface area contributed by atoms with Gasteiger partial charge in [-0.15, -0.1) is 0 Å². The molecular weight excluding hydrogens is 558 g/mol. The summed E-state index contributed by atoms with van der Waals surface area (Å²) in [6.45, 7) is 4.68. The molecule has 0 bridgehead atoms. The second-order valence-electron chi connectivity index (χ2n) is 9.48. The second-order valence-corrected chi connectivity index (χ2v) is 10.4. The van der Waals surface area contributed by atoms with Crippen LogP contribution < -0.4 is 19.8 Å². The van der Waals surface area contributed by atoms with Gasteiger partial charge in [0.15, 0.2) is 11.5 Å². The van der Waals surface area contributed by atoms with E-state index in [0.29, 0.717) is 34.8 Å². The summed E-state index contributed by atoms with van der Waals surface area (Å²) in [6.07, 6.45) is 2.53. The zero-order valence-corrected chi connectivity index (χ0v) is 23.1. The number of aromatic nitrogens is 2. The third-order valence-corrected chi connectivity index (χ3v) is 7.44. The molecule has 0 amide bonds. The second kappa shape index (κ2) is 10.5. The lowest BCUT2D eigenvalue weighted by molar-refractivity contribution is 0.174. The molecular formula is C31H26BrN3O4. The molecule has 2 heterocycles. The van der Waals surface area contributed by atoms with Crippen molar-refractivity contribution in [3.63, 3.8) is 0 Å². The molecule has 4 aromatic carbocycles. The Kier molecular flexibility index (Phi) is 6.79. The maximum atomic E-state index is 13.6. The lowest BCUT2D eigenvalue weighted by Gasteiger charge is -2.15. The standard InChI is InChI=1S/C31H26BrN3O4/c1-3-19(2)30-34-26-11-10-22(32)15-24(26)31(36)35(30)33-16-25-23-7-5-4-6-21(23)9-13-27(25)37-17-20-8-12-28-29(14-20)39-18-38-28/h4-16,19H,3,17-18H2,1-2H3/t19-/m1/s1. The van der Waals surface area contributed by atoms with Gasteiger partial charge in [-0.25, -0.2) is 4.98 Å². The molecule has 0 saturated heterocycles. The molecule has 1 atom stereocenters. The molecule has 196 valence electrons. The van der Waals surface area contributed by atoms with Gasteiger partial charge in [0.05, 0.1) is 17.1 Å². The highest BCUT2D eigenvalue weighted by molar-refractivity contribution is 9.10. The van der Waals surface area contributed by atoms with Crippen LogP contribution in [0.5, 0.6) is 17.2 Å². The summed E-state index contributed by atoms with van der Waals surface area (Å²) in [5.41, 5.74) is 2.18. The molecule has 0 spiro atoms. The molecule has 1 aromatic heterocycles. The highest BCUT2D eigenvalue weighted by Gasteiger charge is 2.17. The van der Waals surface area contributed by atoms with Gasteiger partial charge in [0.2, 0.25) is 6.79 Å². The molecule has 5 aromatic rings. The largest absolute Gasteiger partial charge is 0.488 e. The van der Waals surface area contributed by atoms with Gasteiger partial charge in [-0.05, 0) is 59.2 Å². The number of fused-ring (bicyclic) bond motifs is 3. The molecule has 6 rings (SSSR count). The normalized spacial score (nSPS) is 13.4. The van der Waals surface area contributed by atoms with Crippen molar-refractivity contribution in [1.29, 1.82) is 0 Å². The minimum atomic E-state index is -0.212. The van der Waals surface area contributed by atoms with E-state index in [1.807, 2.05) is 66.7 Å². The maximum absolute atomic E-state index is 13.6. The molecule has 0 fully saturated rings. The van der Waals surface area contributed by atoms with E-state index in [1.165, 1.54) is 4.68 Å². The van der Waals surface area contributed by atoms with Crippen molar-refractivity contribution in [2.45, 2.75) is 32.8 Å². The van der Waals surface area contributed by atoms with E-state index >= 15 is 0 Å². The fourth-order valence-corrected chi connectivity index (χ4v) is 4.98. The van der Waals surface area contributed by atoms with E-state index in [0.717, 1.165) is 38.5 Å². The Hall–Kier alpha value is -4.17. The Morgan fingerprint density at radius 1 is 1.05 bits per heavy atom. The predicted octanol–water partition coefficient (Wildman–Crippen LogP) is 7.02. The minimum absolute atomic E-state index is 0.0390. The zero-order valence-electron chi connectivity index (χ0n) is 21.6. The average molecular weight is 584 g/mol. The Morgan fingerprint density at radius 2 is 1.90 bits per heavy atom. The summed E-state index contributed by atoms with van der Waals surface area (Å²) >= 11 is 3.47. The third kappa shape index (κ3) is 4.88. The quantitative estimate of drug-likeness (QED) is 0.192. The van der Waals surface area contributed by atoms with Gasteiger partial charge in [0.25, 0.3) is 5.56 Å². The Morgan fingerprint density at radius 3 is 2.77 bits per heavy atom. The minimum Gasteiger partial charge on any atom is -0.488 e. The average Bonchev–Trinajstić information content (AvgIpc) is 3.43. The summed E-state index contributed by atoms with van der Waals surface area (Å²) in [5.74, 6) is 2.76. The lowest BCUT2D eigenvalue weighted by atomic mass is 10.0. The Balaban J connectivity index is 1.43. The van der Waals surface area contributed by atoms with Crippen LogP contribution in [0, 0.1) is 0 Å². The first-order valence-corrected chi connectivity index (χ1v) is 13.6. The lowest BCUT2D eigenvalue weighted by Crippen LogP contribution is -2.23. The summed E-state index contributed by atoms with van der Waals surface area (Å²) < 4.78 is 19.5. The van der Waals surface area contributed by atoms with Crippen LogP contribution in [0.2, 0.25) is 0 Å². The Bertz CT molecular complexity index is 1800. The van der Waals surface area contributed by atoms with Crippen molar-refractivity contribution in [1.82, 2.24) is 9.66 Å². The van der Waals surface area contributed by atoms with Crippen molar-refractivity contribution in [3.05, 3.63) is 105 Å². The van der Waals surface area contributed by atoms with E-state index in [4.69, 9.17) is 24.3 Å². The van der Waals surface area contributed by atoms with Gasteiger partial charge in [-0.3, -0.25) is 4.79 Å². The maximum Gasteiger partial charge on any atom is 0.282 e. The number of ether oxygens (including phenoxy) is 3. The van der Waals surface area contributed by atoms with Crippen LogP contribution in [-0.2, 0) is 6.61 Å². The molecule has 1 aliphatic heterocycles. The molecule has 0 radical (unpaired) electrons. The number of halogens is 1. The van der Waals surface area contributed by atoms with Crippen LogP contribution in [0.15, 0.2) is 87.2 Å². The third-order valence-electron chi connectivity index (χ3n) is 6.95. The summed E-state index contributed by atoms with van der Waals surface area (Å²) in [5, 5.41) is 7.25. The molecule has 39 heavy (non-hydrogen) atoms. The molecule has 1 aliphatic rings. The van der Waals surface area contributed by atoms with Crippen molar-refractivity contribution in [2.24, 2.45) is 5.10 Å². The molecule has 0 N–H and O–H groups in total. The summed E-state index contributed by atoms with van der Waals surface area (Å²) in [4.78, 5) is 18.5. The van der Waals surface area contributed by atoms with E-state index < -0.39 is 0 Å². The van der Waals surface area contributed by atoms with Crippen LogP contribution in [0.3, 0.4) is 0 Å². The molecule has 8 heteroatoms. The number of rotatable bonds is 7. The summed E-state index contributed by atoms with van der Waals surface area (Å²) in [7, 11) is 0.